The van der Waals surface area contributed by atoms with Crippen LogP contribution >= 0.6 is 0 Å². The summed E-state index contributed by atoms with van der Waals surface area (Å²) in [6.45, 7) is 1.78. The molecular weight excluding hydrogens is 270 g/mol. The Labute approximate surface area is 120 Å². The number of rotatable bonds is 2. The van der Waals surface area contributed by atoms with Crippen LogP contribution in [0.4, 0.5) is 0 Å². The molecule has 0 radical (unpaired) electrons. The van der Waals surface area contributed by atoms with Gasteiger partial charge in [0.25, 0.3) is 0 Å². The van der Waals surface area contributed by atoms with Gasteiger partial charge in [0.05, 0.1) is 16.1 Å². The zero-order chi connectivity index (χ0) is 15.0. The average molecular weight is 281 g/mol. The third kappa shape index (κ3) is 2.08. The minimum absolute atomic E-state index is 0.00917. The minimum atomic E-state index is -0.562. The Kier molecular flexibility index (Phi) is 3.02. The molecule has 5 heteroatoms. The van der Waals surface area contributed by atoms with E-state index in [1.807, 2.05) is 0 Å². The first-order chi connectivity index (χ1) is 10.1. The Hall–Kier alpha value is -2.95. The van der Waals surface area contributed by atoms with Gasteiger partial charge in [0.2, 0.25) is 5.76 Å². The van der Waals surface area contributed by atoms with E-state index in [2.05, 4.69) is 0 Å². The van der Waals surface area contributed by atoms with E-state index in [1.54, 1.807) is 55.5 Å². The van der Waals surface area contributed by atoms with E-state index in [4.69, 9.17) is 4.74 Å². The highest BCUT2D eigenvalue weighted by atomic mass is 16.6. The number of ether oxygens (including phenoxy) is 1. The molecule has 0 aliphatic carbocycles. The lowest BCUT2D eigenvalue weighted by molar-refractivity contribution is -0.375. The van der Waals surface area contributed by atoms with Crippen molar-refractivity contribution in [3.8, 4) is 0 Å². The Morgan fingerprint density at radius 2 is 1.67 bits per heavy atom. The maximum Gasteiger partial charge on any atom is 0.344 e. The summed E-state index contributed by atoms with van der Waals surface area (Å²) in [7, 11) is 0. The number of hydrogen-bond acceptors (Lipinski definition) is 4. The van der Waals surface area contributed by atoms with Crippen LogP contribution in [0.15, 0.2) is 48.5 Å². The molecule has 0 bridgehead atoms. The van der Waals surface area contributed by atoms with Gasteiger partial charge < -0.3 is 4.74 Å². The van der Waals surface area contributed by atoms with Crippen LogP contribution in [0.25, 0.3) is 11.5 Å². The Morgan fingerprint density at radius 3 is 2.33 bits per heavy atom. The molecule has 1 aliphatic heterocycles. The van der Waals surface area contributed by atoms with Crippen LogP contribution in [-0.2, 0) is 4.74 Å². The number of carbonyl (C=O) groups excluding carboxylic acids is 1. The van der Waals surface area contributed by atoms with Gasteiger partial charge in [0, 0.05) is 5.56 Å². The summed E-state index contributed by atoms with van der Waals surface area (Å²) in [5, 5.41) is 11.5. The standard InChI is InChI=1S/C16H11NO4/c1-10-6-2-3-7-11(10)14(17(19)20)15-12-8-4-5-9-13(12)16(18)21-15/h2-9H,1H3. The highest BCUT2D eigenvalue weighted by Crippen LogP contribution is 2.36. The summed E-state index contributed by atoms with van der Waals surface area (Å²) in [6, 6.07) is 13.6. The molecule has 0 fully saturated rings. The topological polar surface area (TPSA) is 69.4 Å². The number of esters is 1. The largest absolute Gasteiger partial charge is 0.415 e. The van der Waals surface area contributed by atoms with Gasteiger partial charge in [0.15, 0.2) is 0 Å². The van der Waals surface area contributed by atoms with Crippen LogP contribution in [0.3, 0.4) is 0 Å². The zero-order valence-electron chi connectivity index (χ0n) is 11.2. The van der Waals surface area contributed by atoms with Crippen molar-refractivity contribution in [2.24, 2.45) is 0 Å². The molecule has 1 heterocycles. The zero-order valence-corrected chi connectivity index (χ0v) is 11.2. The monoisotopic (exact) mass is 281 g/mol. The van der Waals surface area contributed by atoms with Crippen molar-refractivity contribution in [1.82, 2.24) is 0 Å². The van der Waals surface area contributed by atoms with Gasteiger partial charge in [0.1, 0.15) is 0 Å². The van der Waals surface area contributed by atoms with Crippen LogP contribution in [0.2, 0.25) is 0 Å². The van der Waals surface area contributed by atoms with Gasteiger partial charge in [-0.15, -0.1) is 0 Å². The van der Waals surface area contributed by atoms with Gasteiger partial charge in [-0.25, -0.2) is 4.79 Å². The van der Waals surface area contributed by atoms with Gasteiger partial charge in [-0.3, -0.25) is 10.1 Å². The van der Waals surface area contributed by atoms with Crippen LogP contribution in [-0.4, -0.2) is 10.9 Å². The first-order valence-corrected chi connectivity index (χ1v) is 6.36. The van der Waals surface area contributed by atoms with Crippen molar-refractivity contribution in [2.45, 2.75) is 6.92 Å². The van der Waals surface area contributed by atoms with Crippen molar-refractivity contribution < 1.29 is 14.5 Å². The maximum atomic E-state index is 11.8. The van der Waals surface area contributed by atoms with E-state index < -0.39 is 10.9 Å². The van der Waals surface area contributed by atoms with Gasteiger partial charge in [-0.1, -0.05) is 36.4 Å². The molecule has 5 nitrogen and oxygen atoms in total. The van der Waals surface area contributed by atoms with Crippen LogP contribution in [0.5, 0.6) is 0 Å². The normalized spacial score (nSPS) is 15.4. The third-order valence-corrected chi connectivity index (χ3v) is 3.38. The van der Waals surface area contributed by atoms with Crippen molar-refractivity contribution in [2.75, 3.05) is 0 Å². The quantitative estimate of drug-likeness (QED) is 0.481. The summed E-state index contributed by atoms with van der Waals surface area (Å²) in [5.74, 6) is -0.552. The Bertz CT molecular complexity index is 792. The lowest BCUT2D eigenvalue weighted by atomic mass is 10.0. The fourth-order valence-electron chi connectivity index (χ4n) is 2.38. The number of nitro groups is 1. The van der Waals surface area contributed by atoms with Crippen LogP contribution in [0, 0.1) is 17.0 Å². The Balaban J connectivity index is 2.31. The van der Waals surface area contributed by atoms with Gasteiger partial charge in [-0.05, 0) is 24.6 Å². The number of hydrogen-bond donors (Lipinski definition) is 0. The summed E-state index contributed by atoms with van der Waals surface area (Å²) in [5.41, 5.74) is 1.81. The molecule has 3 rings (SSSR count). The number of carbonyl (C=O) groups is 1. The molecule has 0 atom stereocenters. The SMILES string of the molecule is Cc1ccccc1C(=C1OC(=O)c2ccccc21)[N+](=O)[O-]. The maximum absolute atomic E-state index is 11.8. The molecule has 104 valence electrons. The summed E-state index contributed by atoms with van der Waals surface area (Å²) >= 11 is 0. The molecule has 21 heavy (non-hydrogen) atoms. The van der Waals surface area contributed by atoms with Crippen molar-refractivity contribution in [3.05, 3.63) is 80.9 Å². The Morgan fingerprint density at radius 1 is 1.05 bits per heavy atom. The van der Waals surface area contributed by atoms with E-state index in [-0.39, 0.29) is 11.5 Å². The van der Waals surface area contributed by atoms with E-state index in [9.17, 15) is 14.9 Å². The molecule has 0 amide bonds. The smallest absolute Gasteiger partial charge is 0.344 e. The number of aryl methyl sites for hydroxylation is 1. The second-order valence-corrected chi connectivity index (χ2v) is 4.68. The van der Waals surface area contributed by atoms with E-state index in [0.29, 0.717) is 16.7 Å². The molecule has 2 aromatic carbocycles. The second-order valence-electron chi connectivity index (χ2n) is 4.68. The van der Waals surface area contributed by atoms with Gasteiger partial charge >= 0.3 is 11.7 Å². The highest BCUT2D eigenvalue weighted by molar-refractivity contribution is 6.07. The summed E-state index contributed by atoms with van der Waals surface area (Å²) < 4.78 is 5.16. The number of benzene rings is 2. The molecular formula is C16H11NO4. The molecule has 2 aromatic rings. The van der Waals surface area contributed by atoms with Crippen molar-refractivity contribution in [3.63, 3.8) is 0 Å². The van der Waals surface area contributed by atoms with Crippen LogP contribution in [0.1, 0.15) is 27.0 Å². The second kappa shape index (κ2) is 4.86. The molecule has 0 saturated carbocycles. The molecule has 1 aliphatic rings. The van der Waals surface area contributed by atoms with Crippen molar-refractivity contribution in [1.29, 1.82) is 0 Å². The molecule has 0 saturated heterocycles. The summed E-state index contributed by atoms with van der Waals surface area (Å²) in [4.78, 5) is 22.8. The fraction of sp³-hybridized carbons (Fsp3) is 0.0625. The molecule has 0 N–H and O–H groups in total. The minimum Gasteiger partial charge on any atom is -0.415 e. The van der Waals surface area contributed by atoms with E-state index in [0.717, 1.165) is 5.56 Å². The number of cyclic esters (lactones) is 1. The number of nitrogens with zero attached hydrogens (tertiary/aromatic N) is 1. The van der Waals surface area contributed by atoms with Crippen LogP contribution < -0.4 is 0 Å². The predicted octanol–water partition coefficient (Wildman–Crippen LogP) is 3.27. The first-order valence-electron chi connectivity index (χ1n) is 6.36. The lowest BCUT2D eigenvalue weighted by Gasteiger charge is -2.05. The van der Waals surface area contributed by atoms with E-state index >= 15 is 0 Å². The average Bonchev–Trinajstić information content (AvgIpc) is 2.79. The van der Waals surface area contributed by atoms with E-state index in [1.165, 1.54) is 0 Å². The lowest BCUT2D eigenvalue weighted by Crippen LogP contribution is -2.04. The van der Waals surface area contributed by atoms with Crippen molar-refractivity contribution >= 4 is 17.4 Å². The fourth-order valence-corrected chi connectivity index (χ4v) is 2.38. The predicted molar refractivity (Wildman–Crippen MR) is 76.8 cm³/mol. The van der Waals surface area contributed by atoms with Gasteiger partial charge in [-0.2, -0.15) is 0 Å². The third-order valence-electron chi connectivity index (χ3n) is 3.38. The molecule has 0 aromatic heterocycles. The molecule has 0 unspecified atom stereocenters. The summed E-state index contributed by atoms with van der Waals surface area (Å²) in [6.07, 6.45) is 0. The molecule has 0 spiro atoms. The highest BCUT2D eigenvalue weighted by Gasteiger charge is 2.35. The number of fused-ring (bicyclic) bond motifs is 1. The first kappa shape index (κ1) is 13.1.